The number of non-ortho nitro benzene ring substituents is 1. The van der Waals surface area contributed by atoms with E-state index in [4.69, 9.17) is 0 Å². The molecule has 0 N–H and O–H groups in total. The Hall–Kier alpha value is -2.52. The van der Waals surface area contributed by atoms with E-state index < -0.39 is 14.9 Å². The second-order valence-corrected chi connectivity index (χ2v) is 8.10. The fraction of sp³-hybridized carbons (Fsp3) is 0.353. The molecule has 1 saturated heterocycles. The molecule has 1 aromatic heterocycles. The summed E-state index contributed by atoms with van der Waals surface area (Å²) in [4.78, 5) is 16.5. The van der Waals surface area contributed by atoms with Crippen molar-refractivity contribution in [2.45, 2.75) is 24.3 Å². The molecule has 3 rings (SSSR count). The molecule has 0 amide bonds. The van der Waals surface area contributed by atoms with E-state index in [9.17, 15) is 18.5 Å². The highest BCUT2D eigenvalue weighted by Crippen LogP contribution is 2.33. The van der Waals surface area contributed by atoms with Crippen LogP contribution in [0.2, 0.25) is 0 Å². The Bertz CT molecular complexity index is 896. The number of rotatable bonds is 6. The lowest BCUT2D eigenvalue weighted by atomic mass is 10.2. The van der Waals surface area contributed by atoms with E-state index in [1.165, 1.54) is 16.4 Å². The Morgan fingerprint density at radius 3 is 2.58 bits per heavy atom. The van der Waals surface area contributed by atoms with Crippen LogP contribution in [0.25, 0.3) is 0 Å². The van der Waals surface area contributed by atoms with Crippen molar-refractivity contribution >= 4 is 21.4 Å². The van der Waals surface area contributed by atoms with Crippen molar-refractivity contribution in [3.8, 4) is 0 Å². The molecule has 0 atom stereocenters. The molecule has 0 spiro atoms. The van der Waals surface area contributed by atoms with Crippen molar-refractivity contribution in [3.05, 3.63) is 58.4 Å². The van der Waals surface area contributed by atoms with Gasteiger partial charge in [0.15, 0.2) is 0 Å². The van der Waals surface area contributed by atoms with Gasteiger partial charge < -0.3 is 4.90 Å². The first-order valence-corrected chi connectivity index (χ1v) is 9.73. The van der Waals surface area contributed by atoms with Gasteiger partial charge in [0.2, 0.25) is 10.0 Å². The number of benzene rings is 1. The van der Waals surface area contributed by atoms with Crippen molar-refractivity contribution < 1.29 is 13.3 Å². The number of aromatic nitrogens is 1. The molecule has 138 valence electrons. The fourth-order valence-electron chi connectivity index (χ4n) is 3.03. The largest absolute Gasteiger partial charge is 0.368 e. The minimum atomic E-state index is -3.80. The van der Waals surface area contributed by atoms with Gasteiger partial charge in [-0.15, -0.1) is 0 Å². The predicted molar refractivity (Wildman–Crippen MR) is 97.4 cm³/mol. The van der Waals surface area contributed by atoms with Gasteiger partial charge in [0.25, 0.3) is 5.69 Å². The van der Waals surface area contributed by atoms with Gasteiger partial charge in [-0.25, -0.2) is 8.42 Å². The van der Waals surface area contributed by atoms with Gasteiger partial charge in [-0.05, 0) is 31.0 Å². The van der Waals surface area contributed by atoms with Crippen molar-refractivity contribution in [2.24, 2.45) is 0 Å². The molecule has 0 unspecified atom stereocenters. The van der Waals surface area contributed by atoms with Gasteiger partial charge in [0.1, 0.15) is 4.90 Å². The molecule has 26 heavy (non-hydrogen) atoms. The van der Waals surface area contributed by atoms with Gasteiger partial charge >= 0.3 is 0 Å². The van der Waals surface area contributed by atoms with Gasteiger partial charge in [0.05, 0.1) is 22.8 Å². The van der Waals surface area contributed by atoms with Crippen LogP contribution in [0.3, 0.4) is 0 Å². The minimum Gasteiger partial charge on any atom is -0.368 e. The minimum absolute atomic E-state index is 0.0352. The van der Waals surface area contributed by atoms with Crippen LogP contribution in [0.1, 0.15) is 18.5 Å². The van der Waals surface area contributed by atoms with Gasteiger partial charge in [-0.2, -0.15) is 4.31 Å². The monoisotopic (exact) mass is 376 g/mol. The third-order valence-corrected chi connectivity index (χ3v) is 6.30. The Morgan fingerprint density at radius 1 is 1.23 bits per heavy atom. The van der Waals surface area contributed by atoms with E-state index in [0.29, 0.717) is 25.3 Å². The maximum absolute atomic E-state index is 13.0. The predicted octanol–water partition coefficient (Wildman–Crippen LogP) is 2.41. The van der Waals surface area contributed by atoms with Crippen LogP contribution in [-0.4, -0.2) is 42.8 Å². The lowest BCUT2D eigenvalue weighted by molar-refractivity contribution is -0.385. The van der Waals surface area contributed by atoms with Crippen molar-refractivity contribution in [1.82, 2.24) is 9.29 Å². The summed E-state index contributed by atoms with van der Waals surface area (Å²) in [5, 5.41) is 11.1. The summed E-state index contributed by atoms with van der Waals surface area (Å²) in [6.07, 6.45) is 3.27. The molecule has 0 saturated carbocycles. The summed E-state index contributed by atoms with van der Waals surface area (Å²) in [5.74, 6) is 0. The molecule has 1 aliphatic heterocycles. The van der Waals surface area contributed by atoms with Crippen LogP contribution in [0.5, 0.6) is 0 Å². The SMILES string of the molecule is CN(Cc1ccccn1)c1ccc([N+](=O)[O-])cc1S(=O)(=O)N1CCCC1. The highest BCUT2D eigenvalue weighted by molar-refractivity contribution is 7.89. The molecular formula is C17H20N4O4S. The molecule has 1 aromatic carbocycles. The van der Waals surface area contributed by atoms with E-state index in [1.807, 2.05) is 12.1 Å². The van der Waals surface area contributed by atoms with Crippen LogP contribution in [-0.2, 0) is 16.6 Å². The number of pyridine rings is 1. The van der Waals surface area contributed by atoms with Crippen LogP contribution in [0.15, 0.2) is 47.5 Å². The number of hydrogen-bond acceptors (Lipinski definition) is 6. The molecule has 9 heteroatoms. The van der Waals surface area contributed by atoms with Gasteiger partial charge in [-0.3, -0.25) is 15.1 Å². The summed E-state index contributed by atoms with van der Waals surface area (Å²) in [6, 6.07) is 9.47. The maximum atomic E-state index is 13.0. The number of nitro groups is 1. The summed E-state index contributed by atoms with van der Waals surface area (Å²) < 4.78 is 27.5. The van der Waals surface area contributed by atoms with E-state index in [0.717, 1.165) is 24.6 Å². The van der Waals surface area contributed by atoms with E-state index in [-0.39, 0.29) is 10.6 Å². The van der Waals surface area contributed by atoms with E-state index in [1.54, 1.807) is 24.2 Å². The van der Waals surface area contributed by atoms with Crippen LogP contribution in [0.4, 0.5) is 11.4 Å². The lowest BCUT2D eigenvalue weighted by Crippen LogP contribution is -2.30. The number of hydrogen-bond donors (Lipinski definition) is 0. The summed E-state index contributed by atoms with van der Waals surface area (Å²) >= 11 is 0. The molecule has 8 nitrogen and oxygen atoms in total. The van der Waals surface area contributed by atoms with Crippen molar-refractivity contribution in [1.29, 1.82) is 0 Å². The average Bonchev–Trinajstić information content (AvgIpc) is 3.17. The molecule has 0 bridgehead atoms. The second-order valence-electron chi connectivity index (χ2n) is 6.20. The van der Waals surface area contributed by atoms with E-state index in [2.05, 4.69) is 4.98 Å². The number of nitro benzene ring substituents is 1. The first-order valence-electron chi connectivity index (χ1n) is 8.29. The normalized spacial score (nSPS) is 15.1. The van der Waals surface area contributed by atoms with Gasteiger partial charge in [0, 0.05) is 38.5 Å². The summed E-state index contributed by atoms with van der Waals surface area (Å²) in [5.41, 5.74) is 0.962. The van der Waals surface area contributed by atoms with Gasteiger partial charge in [-0.1, -0.05) is 6.07 Å². The molecule has 2 heterocycles. The Labute approximate surface area is 152 Å². The first-order chi connectivity index (χ1) is 12.4. The van der Waals surface area contributed by atoms with Crippen LogP contribution >= 0.6 is 0 Å². The quantitative estimate of drug-likeness (QED) is 0.567. The third kappa shape index (κ3) is 3.68. The number of anilines is 1. The maximum Gasteiger partial charge on any atom is 0.270 e. The molecular weight excluding hydrogens is 356 g/mol. The average molecular weight is 376 g/mol. The summed E-state index contributed by atoms with van der Waals surface area (Å²) in [7, 11) is -2.05. The molecule has 2 aromatic rings. The van der Waals surface area contributed by atoms with Crippen molar-refractivity contribution in [2.75, 3.05) is 25.0 Å². The smallest absolute Gasteiger partial charge is 0.270 e. The molecule has 1 fully saturated rings. The molecule has 0 aliphatic carbocycles. The molecule has 1 aliphatic rings. The Balaban J connectivity index is 2.02. The van der Waals surface area contributed by atoms with Crippen LogP contribution < -0.4 is 4.90 Å². The zero-order valence-electron chi connectivity index (χ0n) is 14.4. The number of sulfonamides is 1. The standard InChI is InChI=1S/C17H20N4O4S/c1-19(13-14-6-2-3-9-18-14)16-8-7-15(21(22)23)12-17(16)26(24,25)20-10-4-5-11-20/h2-3,6-9,12H,4-5,10-11,13H2,1H3. The second kappa shape index (κ2) is 7.38. The van der Waals surface area contributed by atoms with E-state index >= 15 is 0 Å². The topological polar surface area (TPSA) is 96.6 Å². The highest BCUT2D eigenvalue weighted by Gasteiger charge is 2.31. The van der Waals surface area contributed by atoms with Crippen molar-refractivity contribution in [3.63, 3.8) is 0 Å². The Morgan fingerprint density at radius 2 is 1.96 bits per heavy atom. The molecule has 0 radical (unpaired) electrons. The number of nitrogens with zero attached hydrogens (tertiary/aromatic N) is 4. The zero-order valence-corrected chi connectivity index (χ0v) is 15.2. The van der Waals surface area contributed by atoms with Crippen LogP contribution in [0, 0.1) is 10.1 Å². The Kier molecular flexibility index (Phi) is 5.19. The first kappa shape index (κ1) is 18.3. The third-order valence-electron chi connectivity index (χ3n) is 4.37. The lowest BCUT2D eigenvalue weighted by Gasteiger charge is -2.24. The highest BCUT2D eigenvalue weighted by atomic mass is 32.2. The summed E-state index contributed by atoms with van der Waals surface area (Å²) in [6.45, 7) is 1.27. The fourth-order valence-corrected chi connectivity index (χ4v) is 4.80. The zero-order chi connectivity index (χ0) is 18.7.